The molecule has 0 heterocycles. The third-order valence-corrected chi connectivity index (χ3v) is 4.43. The first-order chi connectivity index (χ1) is 12.7. The quantitative estimate of drug-likeness (QED) is 0.583. The molecule has 3 heteroatoms. The average molecular weight is 349 g/mol. The highest BCUT2D eigenvalue weighted by Crippen LogP contribution is 2.29. The van der Waals surface area contributed by atoms with Gasteiger partial charge in [-0.15, -0.1) is 0 Å². The highest BCUT2D eigenvalue weighted by Gasteiger charge is 2.10. The van der Waals surface area contributed by atoms with E-state index in [1.807, 2.05) is 12.1 Å². The Balaban J connectivity index is 1.73. The van der Waals surface area contributed by atoms with Gasteiger partial charge in [-0.3, -0.25) is 0 Å². The van der Waals surface area contributed by atoms with Crippen molar-refractivity contribution < 1.29 is 9.47 Å². The first-order valence-electron chi connectivity index (χ1n) is 9.19. The van der Waals surface area contributed by atoms with Crippen LogP contribution in [0.2, 0.25) is 0 Å². The Morgan fingerprint density at radius 2 is 1.65 bits per heavy atom. The molecule has 0 saturated carbocycles. The molecule has 0 fully saturated rings. The Labute approximate surface area is 156 Å². The van der Waals surface area contributed by atoms with Crippen molar-refractivity contribution in [3.05, 3.63) is 71.8 Å². The lowest BCUT2D eigenvalue weighted by atomic mass is 10.0. The van der Waals surface area contributed by atoms with E-state index in [9.17, 15) is 0 Å². The van der Waals surface area contributed by atoms with E-state index in [0.717, 1.165) is 31.0 Å². The molecule has 26 heavy (non-hydrogen) atoms. The maximum atomic E-state index is 6.05. The molecule has 0 spiro atoms. The van der Waals surface area contributed by atoms with Crippen LogP contribution in [0.3, 0.4) is 0 Å². The summed E-state index contributed by atoms with van der Waals surface area (Å²) in [6, 6.07) is 20.9. The fourth-order valence-corrected chi connectivity index (χ4v) is 3.21. The summed E-state index contributed by atoms with van der Waals surface area (Å²) in [4.78, 5) is 0. The summed E-state index contributed by atoms with van der Waals surface area (Å²) in [7, 11) is 1.72. The van der Waals surface area contributed by atoms with Gasteiger partial charge >= 0.3 is 0 Å². The maximum absolute atomic E-state index is 6.05. The summed E-state index contributed by atoms with van der Waals surface area (Å²) in [6.07, 6.45) is 1.08. The fraction of sp³-hybridized carbons (Fsp3) is 0.304. The molecular formula is C23H27NO2. The third-order valence-electron chi connectivity index (χ3n) is 4.43. The lowest BCUT2D eigenvalue weighted by Gasteiger charge is -2.17. The van der Waals surface area contributed by atoms with E-state index in [4.69, 9.17) is 9.47 Å². The van der Waals surface area contributed by atoms with Gasteiger partial charge in [0.1, 0.15) is 11.5 Å². The van der Waals surface area contributed by atoms with Crippen molar-refractivity contribution in [2.24, 2.45) is 0 Å². The lowest BCUT2D eigenvalue weighted by Crippen LogP contribution is -2.18. The highest BCUT2D eigenvalue weighted by molar-refractivity contribution is 5.87. The highest BCUT2D eigenvalue weighted by atomic mass is 16.5. The Morgan fingerprint density at radius 1 is 0.885 bits per heavy atom. The number of methoxy groups -OCH3 is 1. The molecule has 0 unspecified atom stereocenters. The summed E-state index contributed by atoms with van der Waals surface area (Å²) >= 11 is 0. The molecule has 0 atom stereocenters. The van der Waals surface area contributed by atoms with E-state index in [1.54, 1.807) is 7.11 Å². The van der Waals surface area contributed by atoms with Gasteiger partial charge in [0.2, 0.25) is 0 Å². The Hall–Kier alpha value is -2.52. The predicted octanol–water partition coefficient (Wildman–Crippen LogP) is 4.97. The summed E-state index contributed by atoms with van der Waals surface area (Å²) in [5.41, 5.74) is 2.44. The normalized spacial score (nSPS) is 11.1. The number of ether oxygens (including phenoxy) is 2. The number of nitrogens with one attached hydrogen (secondary N) is 1. The molecule has 3 aromatic rings. The lowest BCUT2D eigenvalue weighted by molar-refractivity contribution is 0.240. The second-order valence-corrected chi connectivity index (χ2v) is 6.67. The zero-order chi connectivity index (χ0) is 18.4. The van der Waals surface area contributed by atoms with Crippen LogP contribution in [0.5, 0.6) is 11.5 Å². The Bertz CT molecular complexity index is 858. The van der Waals surface area contributed by atoms with E-state index in [0.29, 0.717) is 0 Å². The number of hydrogen-bond acceptors (Lipinski definition) is 3. The average Bonchev–Trinajstić information content (AvgIpc) is 2.66. The second kappa shape index (κ2) is 8.72. The van der Waals surface area contributed by atoms with E-state index >= 15 is 0 Å². The number of para-hydroxylation sites is 1. The van der Waals surface area contributed by atoms with Gasteiger partial charge < -0.3 is 14.8 Å². The molecule has 1 N–H and O–H groups in total. The molecule has 0 bridgehead atoms. The molecule has 0 aliphatic carbocycles. The number of hydrogen-bond donors (Lipinski definition) is 1. The zero-order valence-corrected chi connectivity index (χ0v) is 15.8. The van der Waals surface area contributed by atoms with Crippen LogP contribution in [-0.2, 0) is 13.0 Å². The monoisotopic (exact) mass is 349 g/mol. The molecule has 136 valence electrons. The largest absolute Gasteiger partial charge is 0.496 e. The van der Waals surface area contributed by atoms with Gasteiger partial charge in [-0.1, -0.05) is 48.5 Å². The van der Waals surface area contributed by atoms with Crippen molar-refractivity contribution in [2.75, 3.05) is 13.7 Å². The predicted molar refractivity (Wildman–Crippen MR) is 108 cm³/mol. The molecule has 0 amide bonds. The summed E-state index contributed by atoms with van der Waals surface area (Å²) < 4.78 is 11.5. The van der Waals surface area contributed by atoms with Gasteiger partial charge in [0.05, 0.1) is 13.2 Å². The summed E-state index contributed by atoms with van der Waals surface area (Å²) in [5.74, 6) is 1.91. The van der Waals surface area contributed by atoms with Crippen LogP contribution < -0.4 is 14.8 Å². The Kier molecular flexibility index (Phi) is 6.13. The molecule has 0 aliphatic rings. The van der Waals surface area contributed by atoms with Crippen molar-refractivity contribution >= 4 is 10.8 Å². The fourth-order valence-electron chi connectivity index (χ4n) is 3.21. The van der Waals surface area contributed by atoms with Crippen LogP contribution in [0.15, 0.2) is 60.7 Å². The minimum absolute atomic E-state index is 0.156. The zero-order valence-electron chi connectivity index (χ0n) is 15.8. The smallest absolute Gasteiger partial charge is 0.124 e. The van der Waals surface area contributed by atoms with Gasteiger partial charge in [-0.2, -0.15) is 0 Å². The summed E-state index contributed by atoms with van der Waals surface area (Å²) in [5, 5.41) is 6.06. The minimum Gasteiger partial charge on any atom is -0.496 e. The van der Waals surface area contributed by atoms with Crippen molar-refractivity contribution in [1.29, 1.82) is 0 Å². The van der Waals surface area contributed by atoms with Gasteiger partial charge in [0.25, 0.3) is 0 Å². The van der Waals surface area contributed by atoms with Gasteiger partial charge in [-0.05, 0) is 55.3 Å². The molecule has 3 rings (SSSR count). The number of fused-ring (bicyclic) bond motifs is 1. The van der Waals surface area contributed by atoms with Crippen LogP contribution in [0.25, 0.3) is 10.8 Å². The van der Waals surface area contributed by atoms with Gasteiger partial charge in [0, 0.05) is 12.1 Å². The molecule has 0 saturated heterocycles. The number of benzene rings is 3. The Morgan fingerprint density at radius 3 is 2.46 bits per heavy atom. The SMILES string of the molecule is COc1ccccc1CCNCc1c(OC(C)C)ccc2ccccc12. The van der Waals surface area contributed by atoms with Crippen molar-refractivity contribution in [2.45, 2.75) is 32.9 Å². The van der Waals surface area contributed by atoms with Crippen LogP contribution in [0, 0.1) is 0 Å². The molecular weight excluding hydrogens is 322 g/mol. The first kappa shape index (κ1) is 18.3. The van der Waals surface area contributed by atoms with Crippen LogP contribution in [0.4, 0.5) is 0 Å². The first-order valence-corrected chi connectivity index (χ1v) is 9.19. The van der Waals surface area contributed by atoms with Crippen LogP contribution in [-0.4, -0.2) is 19.8 Å². The van der Waals surface area contributed by atoms with E-state index in [2.05, 4.69) is 67.7 Å². The third kappa shape index (κ3) is 4.36. The summed E-state index contributed by atoms with van der Waals surface area (Å²) in [6.45, 7) is 5.78. The second-order valence-electron chi connectivity index (χ2n) is 6.67. The van der Waals surface area contributed by atoms with Gasteiger partial charge in [-0.25, -0.2) is 0 Å². The van der Waals surface area contributed by atoms with Crippen molar-refractivity contribution in [1.82, 2.24) is 5.32 Å². The molecule has 3 aromatic carbocycles. The van der Waals surface area contributed by atoms with E-state index in [1.165, 1.54) is 21.9 Å². The topological polar surface area (TPSA) is 30.5 Å². The van der Waals surface area contributed by atoms with Crippen molar-refractivity contribution in [3.8, 4) is 11.5 Å². The number of rotatable bonds is 8. The van der Waals surface area contributed by atoms with E-state index < -0.39 is 0 Å². The maximum Gasteiger partial charge on any atom is 0.124 e. The van der Waals surface area contributed by atoms with Crippen LogP contribution >= 0.6 is 0 Å². The molecule has 0 aromatic heterocycles. The minimum atomic E-state index is 0.156. The standard InChI is InChI=1S/C23H27NO2/c1-17(2)26-23-13-12-18-8-4-6-10-20(18)21(23)16-24-15-14-19-9-5-7-11-22(19)25-3/h4-13,17,24H,14-16H2,1-3H3. The van der Waals surface area contributed by atoms with Gasteiger partial charge in [0.15, 0.2) is 0 Å². The van der Waals surface area contributed by atoms with Crippen LogP contribution in [0.1, 0.15) is 25.0 Å². The molecule has 3 nitrogen and oxygen atoms in total. The van der Waals surface area contributed by atoms with E-state index in [-0.39, 0.29) is 6.10 Å². The van der Waals surface area contributed by atoms with Crippen molar-refractivity contribution in [3.63, 3.8) is 0 Å². The molecule has 0 radical (unpaired) electrons. The molecule has 0 aliphatic heterocycles.